The smallest absolute Gasteiger partial charge is 0.207 e. The molecule has 0 heterocycles. The van der Waals surface area contributed by atoms with Gasteiger partial charge in [0, 0.05) is 13.2 Å². The minimum Gasteiger partial charge on any atom is -0.379 e. The first-order valence-electron chi connectivity index (χ1n) is 6.96. The Balaban J connectivity index is 3.01. The van der Waals surface area contributed by atoms with Crippen molar-refractivity contribution in [1.29, 1.82) is 0 Å². The van der Waals surface area contributed by atoms with Crippen molar-refractivity contribution < 1.29 is 19.0 Å². The first kappa shape index (κ1) is 18.4. The van der Waals surface area contributed by atoms with Gasteiger partial charge in [-0.1, -0.05) is 20.8 Å². The molecule has 0 bridgehead atoms. The third-order valence-corrected chi connectivity index (χ3v) is 2.43. The molecule has 0 aromatic heterocycles. The lowest BCUT2D eigenvalue weighted by molar-refractivity contribution is -0.109. The van der Waals surface area contributed by atoms with E-state index >= 15 is 0 Å². The summed E-state index contributed by atoms with van der Waals surface area (Å²) in [5.41, 5.74) is 0.385. The zero-order chi connectivity index (χ0) is 14.4. The molecule has 0 saturated carbocycles. The lowest BCUT2D eigenvalue weighted by atomic mass is 9.91. The van der Waals surface area contributed by atoms with Gasteiger partial charge in [0.1, 0.15) is 0 Å². The molecule has 1 N–H and O–H groups in total. The third-order valence-electron chi connectivity index (χ3n) is 2.43. The second-order valence-corrected chi connectivity index (χ2v) is 5.57. The van der Waals surface area contributed by atoms with Crippen LogP contribution in [0.2, 0.25) is 0 Å². The molecule has 0 aliphatic heterocycles. The standard InChI is InChI=1S/C14H29NO4/c1-14(2,3)5-4-7-17-9-11-19-12-10-18-8-6-15-13-16/h13H,4-12H2,1-3H3,(H,15,16). The molecule has 1 amide bonds. The van der Waals surface area contributed by atoms with Crippen LogP contribution in [0.5, 0.6) is 0 Å². The molecule has 0 aromatic rings. The predicted octanol–water partition coefficient (Wildman–Crippen LogP) is 1.61. The van der Waals surface area contributed by atoms with Crippen LogP contribution in [0.25, 0.3) is 0 Å². The summed E-state index contributed by atoms with van der Waals surface area (Å²) in [6.07, 6.45) is 2.93. The number of rotatable bonds is 13. The monoisotopic (exact) mass is 275 g/mol. The van der Waals surface area contributed by atoms with Gasteiger partial charge >= 0.3 is 0 Å². The van der Waals surface area contributed by atoms with Gasteiger partial charge in [0.05, 0.1) is 33.0 Å². The Hall–Kier alpha value is -0.650. The Morgan fingerprint density at radius 3 is 1.95 bits per heavy atom. The fourth-order valence-electron chi connectivity index (χ4n) is 1.44. The summed E-state index contributed by atoms with van der Waals surface area (Å²) in [7, 11) is 0. The maximum atomic E-state index is 9.94. The number of hydrogen-bond acceptors (Lipinski definition) is 4. The Morgan fingerprint density at radius 1 is 0.895 bits per heavy atom. The van der Waals surface area contributed by atoms with Gasteiger partial charge in [-0.15, -0.1) is 0 Å². The SMILES string of the molecule is CC(C)(C)CCCOCCOCCOCCNC=O. The van der Waals surface area contributed by atoms with Crippen LogP contribution < -0.4 is 5.32 Å². The molecule has 19 heavy (non-hydrogen) atoms. The topological polar surface area (TPSA) is 56.8 Å². The van der Waals surface area contributed by atoms with E-state index in [0.29, 0.717) is 51.4 Å². The summed E-state index contributed by atoms with van der Waals surface area (Å²) in [4.78, 5) is 9.94. The normalized spacial score (nSPS) is 11.5. The van der Waals surface area contributed by atoms with Crippen molar-refractivity contribution in [3.63, 3.8) is 0 Å². The van der Waals surface area contributed by atoms with E-state index in [1.807, 2.05) is 0 Å². The predicted molar refractivity (Wildman–Crippen MR) is 75.2 cm³/mol. The fourth-order valence-corrected chi connectivity index (χ4v) is 1.44. The summed E-state index contributed by atoms with van der Waals surface area (Å²) >= 11 is 0. The van der Waals surface area contributed by atoms with Crippen LogP contribution in [0.3, 0.4) is 0 Å². The van der Waals surface area contributed by atoms with Gasteiger partial charge in [-0.2, -0.15) is 0 Å². The van der Waals surface area contributed by atoms with Crippen molar-refractivity contribution >= 4 is 6.41 Å². The van der Waals surface area contributed by atoms with Crippen LogP contribution in [0.15, 0.2) is 0 Å². The van der Waals surface area contributed by atoms with Gasteiger partial charge in [0.2, 0.25) is 6.41 Å². The molecule has 0 atom stereocenters. The molecule has 5 heteroatoms. The number of carbonyl (C=O) groups is 1. The molecule has 0 unspecified atom stereocenters. The van der Waals surface area contributed by atoms with E-state index in [2.05, 4.69) is 26.1 Å². The molecule has 0 spiro atoms. The minimum absolute atomic E-state index is 0.385. The Bertz CT molecular complexity index is 204. The molecule has 0 aliphatic carbocycles. The second-order valence-electron chi connectivity index (χ2n) is 5.57. The molecule has 0 saturated heterocycles. The maximum Gasteiger partial charge on any atom is 0.207 e. The number of nitrogens with one attached hydrogen (secondary N) is 1. The van der Waals surface area contributed by atoms with Gasteiger partial charge < -0.3 is 19.5 Å². The number of ether oxygens (including phenoxy) is 3. The van der Waals surface area contributed by atoms with Crippen LogP contribution in [-0.4, -0.2) is 52.6 Å². The molecule has 0 radical (unpaired) electrons. The van der Waals surface area contributed by atoms with E-state index in [0.717, 1.165) is 13.0 Å². The number of amides is 1. The van der Waals surface area contributed by atoms with Crippen molar-refractivity contribution in [1.82, 2.24) is 5.32 Å². The molecule has 5 nitrogen and oxygen atoms in total. The highest BCUT2D eigenvalue weighted by atomic mass is 16.5. The van der Waals surface area contributed by atoms with E-state index in [-0.39, 0.29) is 0 Å². The molecular weight excluding hydrogens is 246 g/mol. The van der Waals surface area contributed by atoms with Crippen molar-refractivity contribution in [2.24, 2.45) is 5.41 Å². The van der Waals surface area contributed by atoms with Crippen LogP contribution in [0, 0.1) is 5.41 Å². The number of hydrogen-bond donors (Lipinski definition) is 1. The van der Waals surface area contributed by atoms with E-state index in [1.165, 1.54) is 6.42 Å². The van der Waals surface area contributed by atoms with Gasteiger partial charge in [-0.05, 0) is 18.3 Å². The average molecular weight is 275 g/mol. The average Bonchev–Trinajstić information content (AvgIpc) is 2.34. The third kappa shape index (κ3) is 17.4. The summed E-state index contributed by atoms with van der Waals surface area (Å²) < 4.78 is 16.1. The van der Waals surface area contributed by atoms with Crippen molar-refractivity contribution in [2.75, 3.05) is 46.2 Å². The van der Waals surface area contributed by atoms with Gasteiger partial charge in [-0.3, -0.25) is 4.79 Å². The summed E-state index contributed by atoms with van der Waals surface area (Å²) in [5.74, 6) is 0. The van der Waals surface area contributed by atoms with Crippen molar-refractivity contribution in [2.45, 2.75) is 33.6 Å². The second kappa shape index (κ2) is 12.4. The first-order chi connectivity index (χ1) is 9.06. The summed E-state index contributed by atoms with van der Waals surface area (Å²) in [6.45, 7) is 10.9. The van der Waals surface area contributed by atoms with E-state index in [4.69, 9.17) is 14.2 Å². The highest BCUT2D eigenvalue weighted by molar-refractivity contribution is 5.45. The van der Waals surface area contributed by atoms with Crippen LogP contribution in [-0.2, 0) is 19.0 Å². The molecular formula is C14H29NO4. The van der Waals surface area contributed by atoms with Crippen LogP contribution >= 0.6 is 0 Å². The lowest BCUT2D eigenvalue weighted by Gasteiger charge is -2.17. The zero-order valence-corrected chi connectivity index (χ0v) is 12.6. The molecule has 0 rings (SSSR count). The van der Waals surface area contributed by atoms with Crippen molar-refractivity contribution in [3.8, 4) is 0 Å². The largest absolute Gasteiger partial charge is 0.379 e. The fraction of sp³-hybridized carbons (Fsp3) is 0.929. The van der Waals surface area contributed by atoms with Gasteiger partial charge in [0.25, 0.3) is 0 Å². The highest BCUT2D eigenvalue weighted by Crippen LogP contribution is 2.20. The van der Waals surface area contributed by atoms with Crippen molar-refractivity contribution in [3.05, 3.63) is 0 Å². The maximum absolute atomic E-state index is 9.94. The minimum atomic E-state index is 0.385. The quantitative estimate of drug-likeness (QED) is 0.410. The van der Waals surface area contributed by atoms with Gasteiger partial charge in [-0.25, -0.2) is 0 Å². The lowest BCUT2D eigenvalue weighted by Crippen LogP contribution is -2.19. The Kier molecular flexibility index (Phi) is 12.0. The number of carbonyl (C=O) groups excluding carboxylic acids is 1. The van der Waals surface area contributed by atoms with E-state index < -0.39 is 0 Å². The van der Waals surface area contributed by atoms with Crippen LogP contribution in [0.4, 0.5) is 0 Å². The molecule has 0 aromatic carbocycles. The van der Waals surface area contributed by atoms with Crippen LogP contribution in [0.1, 0.15) is 33.6 Å². The van der Waals surface area contributed by atoms with E-state index in [1.54, 1.807) is 0 Å². The zero-order valence-electron chi connectivity index (χ0n) is 12.6. The van der Waals surface area contributed by atoms with Gasteiger partial charge in [0.15, 0.2) is 0 Å². The molecule has 0 fully saturated rings. The molecule has 0 aliphatic rings. The summed E-state index contributed by atoms with van der Waals surface area (Å²) in [6, 6.07) is 0. The van der Waals surface area contributed by atoms with E-state index in [9.17, 15) is 4.79 Å². The highest BCUT2D eigenvalue weighted by Gasteiger charge is 2.08. The summed E-state index contributed by atoms with van der Waals surface area (Å²) in [5, 5.41) is 2.52. The Labute approximate surface area is 117 Å². The molecule has 114 valence electrons. The first-order valence-corrected chi connectivity index (χ1v) is 6.96. The Morgan fingerprint density at radius 2 is 1.42 bits per heavy atom.